The maximum absolute atomic E-state index is 11.5. The number of ether oxygens (including phenoxy) is 1. The Labute approximate surface area is 114 Å². The van der Waals surface area contributed by atoms with Crippen LogP contribution < -0.4 is 10.1 Å². The number of methoxy groups -OCH3 is 1. The van der Waals surface area contributed by atoms with Crippen LogP contribution in [-0.4, -0.2) is 42.0 Å². The first-order valence-electron chi connectivity index (χ1n) is 6.70. The lowest BCUT2D eigenvalue weighted by Gasteiger charge is -2.21. The van der Waals surface area contributed by atoms with Gasteiger partial charge in [0.05, 0.1) is 12.8 Å². The van der Waals surface area contributed by atoms with Gasteiger partial charge < -0.3 is 15.0 Å². The van der Waals surface area contributed by atoms with E-state index in [1.165, 1.54) is 0 Å². The fraction of sp³-hybridized carbons (Fsp3) is 0.571. The summed E-state index contributed by atoms with van der Waals surface area (Å²) in [7, 11) is 1.61. The maximum Gasteiger partial charge on any atom is 0.222 e. The van der Waals surface area contributed by atoms with Crippen molar-refractivity contribution >= 4 is 5.91 Å². The highest BCUT2D eigenvalue weighted by atomic mass is 16.5. The van der Waals surface area contributed by atoms with Crippen LogP contribution in [0.5, 0.6) is 5.88 Å². The van der Waals surface area contributed by atoms with Crippen LogP contribution in [0, 0.1) is 0 Å². The van der Waals surface area contributed by atoms with Crippen molar-refractivity contribution in [1.82, 2.24) is 15.2 Å². The fourth-order valence-electron chi connectivity index (χ4n) is 2.24. The van der Waals surface area contributed by atoms with E-state index in [0.717, 1.165) is 25.2 Å². The molecule has 0 aliphatic carbocycles. The molecule has 2 rings (SSSR count). The van der Waals surface area contributed by atoms with Gasteiger partial charge in [-0.15, -0.1) is 0 Å². The number of amides is 1. The number of hydrogen-bond acceptors (Lipinski definition) is 4. The summed E-state index contributed by atoms with van der Waals surface area (Å²) in [5, 5.41) is 3.39. The monoisotopic (exact) mass is 263 g/mol. The van der Waals surface area contributed by atoms with Crippen molar-refractivity contribution in [1.29, 1.82) is 0 Å². The zero-order valence-corrected chi connectivity index (χ0v) is 11.6. The van der Waals surface area contributed by atoms with Crippen molar-refractivity contribution in [2.75, 3.05) is 20.2 Å². The summed E-state index contributed by atoms with van der Waals surface area (Å²) in [6, 6.07) is 5.98. The van der Waals surface area contributed by atoms with Crippen molar-refractivity contribution in [3.8, 4) is 5.88 Å². The van der Waals surface area contributed by atoms with Crippen molar-refractivity contribution in [3.63, 3.8) is 0 Å². The Morgan fingerprint density at radius 1 is 1.53 bits per heavy atom. The molecule has 1 N–H and O–H groups in total. The van der Waals surface area contributed by atoms with Crippen molar-refractivity contribution < 1.29 is 9.53 Å². The zero-order chi connectivity index (χ0) is 13.7. The summed E-state index contributed by atoms with van der Waals surface area (Å²) in [5.74, 6) is 0.898. The summed E-state index contributed by atoms with van der Waals surface area (Å²) >= 11 is 0. The van der Waals surface area contributed by atoms with Gasteiger partial charge in [0.15, 0.2) is 0 Å². The second kappa shape index (κ2) is 6.52. The van der Waals surface area contributed by atoms with Crippen LogP contribution in [0.2, 0.25) is 0 Å². The van der Waals surface area contributed by atoms with E-state index < -0.39 is 0 Å². The molecule has 0 saturated carbocycles. The SMILES string of the molecule is COc1cccc(CNC(C)CN2CCCC2=O)n1. The second-order valence-corrected chi connectivity index (χ2v) is 4.90. The normalized spacial score (nSPS) is 16.7. The lowest BCUT2D eigenvalue weighted by Crippen LogP contribution is -2.39. The predicted octanol–water partition coefficient (Wildman–Crippen LogP) is 1.19. The Morgan fingerprint density at radius 3 is 3.05 bits per heavy atom. The molecule has 0 bridgehead atoms. The quantitative estimate of drug-likeness (QED) is 0.837. The number of carbonyl (C=O) groups excluding carboxylic acids is 1. The Kier molecular flexibility index (Phi) is 4.74. The number of aromatic nitrogens is 1. The molecule has 2 heterocycles. The van der Waals surface area contributed by atoms with Crippen LogP contribution in [-0.2, 0) is 11.3 Å². The van der Waals surface area contributed by atoms with Gasteiger partial charge in [-0.3, -0.25) is 4.79 Å². The van der Waals surface area contributed by atoms with Crippen LogP contribution in [0.3, 0.4) is 0 Å². The van der Waals surface area contributed by atoms with Crippen molar-refractivity contribution in [3.05, 3.63) is 23.9 Å². The first kappa shape index (κ1) is 13.8. The summed E-state index contributed by atoms with van der Waals surface area (Å²) in [5.41, 5.74) is 0.943. The molecular weight excluding hydrogens is 242 g/mol. The third-order valence-corrected chi connectivity index (χ3v) is 3.29. The van der Waals surface area contributed by atoms with Crippen molar-refractivity contribution in [2.24, 2.45) is 0 Å². The largest absolute Gasteiger partial charge is 0.481 e. The van der Waals surface area contributed by atoms with E-state index in [0.29, 0.717) is 18.8 Å². The van der Waals surface area contributed by atoms with Crippen LogP contribution in [0.25, 0.3) is 0 Å². The maximum atomic E-state index is 11.5. The number of carbonyl (C=O) groups is 1. The molecule has 0 spiro atoms. The minimum atomic E-state index is 0.259. The number of pyridine rings is 1. The van der Waals surface area contributed by atoms with Gasteiger partial charge in [-0.25, -0.2) is 4.98 Å². The third-order valence-electron chi connectivity index (χ3n) is 3.29. The van der Waals surface area contributed by atoms with E-state index in [2.05, 4.69) is 17.2 Å². The highest BCUT2D eigenvalue weighted by Crippen LogP contribution is 2.10. The van der Waals surface area contributed by atoms with Gasteiger partial charge in [-0.05, 0) is 19.4 Å². The lowest BCUT2D eigenvalue weighted by molar-refractivity contribution is -0.127. The van der Waals surface area contributed by atoms with E-state index in [1.54, 1.807) is 7.11 Å². The number of rotatable bonds is 6. The average molecular weight is 263 g/mol. The molecule has 5 heteroatoms. The molecule has 1 amide bonds. The fourth-order valence-corrected chi connectivity index (χ4v) is 2.24. The van der Waals surface area contributed by atoms with Gasteiger partial charge in [-0.2, -0.15) is 0 Å². The Balaban J connectivity index is 1.79. The van der Waals surface area contributed by atoms with Crippen LogP contribution >= 0.6 is 0 Å². The molecule has 5 nitrogen and oxygen atoms in total. The number of hydrogen-bond donors (Lipinski definition) is 1. The molecule has 1 unspecified atom stereocenters. The van der Waals surface area contributed by atoms with E-state index in [-0.39, 0.29) is 11.9 Å². The van der Waals surface area contributed by atoms with Crippen LogP contribution in [0.4, 0.5) is 0 Å². The summed E-state index contributed by atoms with van der Waals surface area (Å²) in [6.07, 6.45) is 1.69. The molecule has 0 aromatic carbocycles. The van der Waals surface area contributed by atoms with Crippen LogP contribution in [0.1, 0.15) is 25.5 Å². The summed E-state index contributed by atoms with van der Waals surface area (Å²) in [6.45, 7) is 4.43. The van der Waals surface area contributed by atoms with Gasteiger partial charge in [0.25, 0.3) is 0 Å². The van der Waals surface area contributed by atoms with E-state index in [4.69, 9.17) is 4.74 Å². The molecule has 0 radical (unpaired) electrons. The highest BCUT2D eigenvalue weighted by Gasteiger charge is 2.21. The summed E-state index contributed by atoms with van der Waals surface area (Å²) < 4.78 is 5.09. The molecule has 19 heavy (non-hydrogen) atoms. The highest BCUT2D eigenvalue weighted by molar-refractivity contribution is 5.78. The zero-order valence-electron chi connectivity index (χ0n) is 11.6. The molecule has 104 valence electrons. The number of likely N-dealkylation sites (tertiary alicyclic amines) is 1. The molecule has 1 atom stereocenters. The van der Waals surface area contributed by atoms with Gasteiger partial charge >= 0.3 is 0 Å². The Bertz CT molecular complexity index is 436. The van der Waals surface area contributed by atoms with Crippen LogP contribution in [0.15, 0.2) is 18.2 Å². The molecule has 1 fully saturated rings. The number of nitrogens with one attached hydrogen (secondary N) is 1. The molecule has 1 aliphatic heterocycles. The van der Waals surface area contributed by atoms with E-state index in [9.17, 15) is 4.79 Å². The topological polar surface area (TPSA) is 54.5 Å². The molecule has 1 aromatic rings. The molecule has 1 aromatic heterocycles. The van der Waals surface area contributed by atoms with Crippen molar-refractivity contribution in [2.45, 2.75) is 32.4 Å². The lowest BCUT2D eigenvalue weighted by atomic mass is 10.3. The third kappa shape index (κ3) is 3.92. The van der Waals surface area contributed by atoms with E-state index in [1.807, 2.05) is 23.1 Å². The first-order chi connectivity index (χ1) is 9.19. The predicted molar refractivity (Wildman–Crippen MR) is 72.9 cm³/mol. The average Bonchev–Trinajstić information content (AvgIpc) is 2.82. The first-order valence-corrected chi connectivity index (χ1v) is 6.70. The van der Waals surface area contributed by atoms with E-state index >= 15 is 0 Å². The van der Waals surface area contributed by atoms with Gasteiger partial charge in [-0.1, -0.05) is 6.07 Å². The van der Waals surface area contributed by atoms with Gasteiger partial charge in [0.1, 0.15) is 0 Å². The standard InChI is InChI=1S/C14H21N3O2/c1-11(10-17-8-4-7-14(17)18)15-9-12-5-3-6-13(16-12)19-2/h3,5-6,11,15H,4,7-10H2,1-2H3. The number of nitrogens with zero attached hydrogens (tertiary/aromatic N) is 2. The summed E-state index contributed by atoms with van der Waals surface area (Å²) in [4.78, 5) is 17.8. The smallest absolute Gasteiger partial charge is 0.222 e. The molecular formula is C14H21N3O2. The minimum absolute atomic E-state index is 0.259. The minimum Gasteiger partial charge on any atom is -0.481 e. The van der Waals surface area contributed by atoms with Gasteiger partial charge in [0.2, 0.25) is 11.8 Å². The second-order valence-electron chi connectivity index (χ2n) is 4.90. The van der Waals surface area contributed by atoms with Gasteiger partial charge in [0, 0.05) is 38.2 Å². The Hall–Kier alpha value is -1.62. The molecule has 1 saturated heterocycles. The Morgan fingerprint density at radius 2 is 2.37 bits per heavy atom. The molecule has 1 aliphatic rings.